The molecule has 0 aliphatic heterocycles. The summed E-state index contributed by atoms with van der Waals surface area (Å²) in [5, 5.41) is 8.34. The van der Waals surface area contributed by atoms with Crippen LogP contribution in [-0.2, 0) is 9.59 Å². The molecule has 2 rings (SSSR count). The SMILES string of the molecule is Cc1ccc(NC(=O)C(C)C)cc1NCC(=O)Nc1ccccc1F. The van der Waals surface area contributed by atoms with E-state index in [2.05, 4.69) is 16.0 Å². The van der Waals surface area contributed by atoms with Crippen molar-refractivity contribution < 1.29 is 14.0 Å². The Balaban J connectivity index is 1.99. The number of hydrogen-bond acceptors (Lipinski definition) is 3. The lowest BCUT2D eigenvalue weighted by Crippen LogP contribution is -2.23. The van der Waals surface area contributed by atoms with Gasteiger partial charge in [-0.25, -0.2) is 4.39 Å². The fourth-order valence-corrected chi connectivity index (χ4v) is 2.11. The van der Waals surface area contributed by atoms with Crippen LogP contribution in [0, 0.1) is 18.7 Å². The Morgan fingerprint density at radius 2 is 1.76 bits per heavy atom. The van der Waals surface area contributed by atoms with Crippen molar-refractivity contribution >= 4 is 28.9 Å². The van der Waals surface area contributed by atoms with E-state index in [-0.39, 0.29) is 30.0 Å². The Kier molecular flexibility index (Phi) is 6.11. The van der Waals surface area contributed by atoms with Gasteiger partial charge in [0, 0.05) is 17.3 Å². The molecule has 0 saturated carbocycles. The molecule has 0 radical (unpaired) electrons. The van der Waals surface area contributed by atoms with Gasteiger partial charge in [0.15, 0.2) is 0 Å². The van der Waals surface area contributed by atoms with Crippen molar-refractivity contribution in [1.82, 2.24) is 0 Å². The van der Waals surface area contributed by atoms with Crippen LogP contribution in [0.4, 0.5) is 21.5 Å². The first-order chi connectivity index (χ1) is 11.9. The first kappa shape index (κ1) is 18.4. The monoisotopic (exact) mass is 343 g/mol. The topological polar surface area (TPSA) is 70.2 Å². The molecule has 132 valence electrons. The number of carbonyl (C=O) groups excluding carboxylic acids is 2. The number of amides is 2. The van der Waals surface area contributed by atoms with Crippen LogP contribution in [0.5, 0.6) is 0 Å². The summed E-state index contributed by atoms with van der Waals surface area (Å²) in [4.78, 5) is 23.8. The van der Waals surface area contributed by atoms with Crippen molar-refractivity contribution in [2.75, 3.05) is 22.5 Å². The van der Waals surface area contributed by atoms with Crippen molar-refractivity contribution in [3.05, 3.63) is 53.8 Å². The van der Waals surface area contributed by atoms with Crippen molar-refractivity contribution in [2.24, 2.45) is 5.92 Å². The maximum atomic E-state index is 13.5. The third-order valence-electron chi connectivity index (χ3n) is 3.62. The number of rotatable bonds is 6. The van der Waals surface area contributed by atoms with Gasteiger partial charge in [-0.1, -0.05) is 32.0 Å². The second kappa shape index (κ2) is 8.28. The smallest absolute Gasteiger partial charge is 0.243 e. The first-order valence-electron chi connectivity index (χ1n) is 8.06. The summed E-state index contributed by atoms with van der Waals surface area (Å²) in [6.45, 7) is 5.51. The molecular weight excluding hydrogens is 321 g/mol. The lowest BCUT2D eigenvalue weighted by Gasteiger charge is -2.13. The molecule has 0 bridgehead atoms. The quantitative estimate of drug-likeness (QED) is 0.747. The average Bonchev–Trinajstić information content (AvgIpc) is 2.57. The van der Waals surface area contributed by atoms with Gasteiger partial charge in [-0.3, -0.25) is 9.59 Å². The van der Waals surface area contributed by atoms with E-state index in [1.807, 2.05) is 26.8 Å². The predicted molar refractivity (Wildman–Crippen MR) is 98.2 cm³/mol. The molecule has 0 aliphatic carbocycles. The minimum absolute atomic E-state index is 0.0171. The summed E-state index contributed by atoms with van der Waals surface area (Å²) in [5.41, 5.74) is 2.46. The molecule has 0 fully saturated rings. The van der Waals surface area contributed by atoms with Crippen LogP contribution in [-0.4, -0.2) is 18.4 Å². The highest BCUT2D eigenvalue weighted by Crippen LogP contribution is 2.21. The highest BCUT2D eigenvalue weighted by molar-refractivity contribution is 5.95. The first-order valence-corrected chi connectivity index (χ1v) is 8.06. The third-order valence-corrected chi connectivity index (χ3v) is 3.62. The summed E-state index contributed by atoms with van der Waals surface area (Å²) in [6.07, 6.45) is 0. The third kappa shape index (κ3) is 5.31. The number of anilines is 3. The number of halogens is 1. The van der Waals surface area contributed by atoms with E-state index in [0.717, 1.165) is 11.3 Å². The highest BCUT2D eigenvalue weighted by Gasteiger charge is 2.10. The van der Waals surface area contributed by atoms with Crippen molar-refractivity contribution in [3.63, 3.8) is 0 Å². The molecule has 0 atom stereocenters. The molecule has 25 heavy (non-hydrogen) atoms. The fourth-order valence-electron chi connectivity index (χ4n) is 2.11. The second-order valence-electron chi connectivity index (χ2n) is 6.06. The molecule has 0 aliphatic rings. The fraction of sp³-hybridized carbons (Fsp3) is 0.263. The Hall–Kier alpha value is -2.89. The molecule has 5 nitrogen and oxygen atoms in total. The maximum absolute atomic E-state index is 13.5. The minimum Gasteiger partial charge on any atom is -0.376 e. The lowest BCUT2D eigenvalue weighted by atomic mass is 10.1. The molecule has 0 heterocycles. The van der Waals surface area contributed by atoms with Crippen LogP contribution < -0.4 is 16.0 Å². The average molecular weight is 343 g/mol. The largest absolute Gasteiger partial charge is 0.376 e. The van der Waals surface area contributed by atoms with E-state index in [1.165, 1.54) is 12.1 Å². The van der Waals surface area contributed by atoms with Gasteiger partial charge in [-0.2, -0.15) is 0 Å². The highest BCUT2D eigenvalue weighted by atomic mass is 19.1. The standard InChI is InChI=1S/C19H22FN3O2/c1-12(2)19(25)22-14-9-8-13(3)17(10-14)21-11-18(24)23-16-7-5-4-6-15(16)20/h4-10,12,21H,11H2,1-3H3,(H,22,25)(H,23,24). The van der Waals surface area contributed by atoms with Crippen LogP contribution in [0.15, 0.2) is 42.5 Å². The van der Waals surface area contributed by atoms with Gasteiger partial charge in [0.1, 0.15) is 5.82 Å². The van der Waals surface area contributed by atoms with Gasteiger partial charge in [-0.05, 0) is 36.8 Å². The van der Waals surface area contributed by atoms with Gasteiger partial charge in [-0.15, -0.1) is 0 Å². The van der Waals surface area contributed by atoms with Crippen LogP contribution in [0.2, 0.25) is 0 Å². The molecule has 2 amide bonds. The Labute approximate surface area is 146 Å². The number of benzene rings is 2. The summed E-state index contributed by atoms with van der Waals surface area (Å²) in [7, 11) is 0. The maximum Gasteiger partial charge on any atom is 0.243 e. The number of carbonyl (C=O) groups is 2. The minimum atomic E-state index is -0.481. The Morgan fingerprint density at radius 1 is 1.04 bits per heavy atom. The number of hydrogen-bond donors (Lipinski definition) is 3. The second-order valence-corrected chi connectivity index (χ2v) is 6.06. The number of para-hydroxylation sites is 1. The van der Waals surface area contributed by atoms with Gasteiger partial charge < -0.3 is 16.0 Å². The molecule has 0 aromatic heterocycles. The lowest BCUT2D eigenvalue weighted by molar-refractivity contribution is -0.119. The number of nitrogens with one attached hydrogen (secondary N) is 3. The van der Waals surface area contributed by atoms with Crippen LogP contribution >= 0.6 is 0 Å². The van der Waals surface area contributed by atoms with Gasteiger partial charge in [0.25, 0.3) is 0 Å². The zero-order chi connectivity index (χ0) is 18.4. The molecular formula is C19H22FN3O2. The van der Waals surface area contributed by atoms with E-state index in [9.17, 15) is 14.0 Å². The van der Waals surface area contributed by atoms with Crippen molar-refractivity contribution in [2.45, 2.75) is 20.8 Å². The van der Waals surface area contributed by atoms with Crippen molar-refractivity contribution in [3.8, 4) is 0 Å². The number of aryl methyl sites for hydroxylation is 1. The molecule has 2 aromatic carbocycles. The summed E-state index contributed by atoms with van der Waals surface area (Å²) < 4.78 is 13.5. The molecule has 3 N–H and O–H groups in total. The predicted octanol–water partition coefficient (Wildman–Crippen LogP) is 3.78. The van der Waals surface area contributed by atoms with Gasteiger partial charge >= 0.3 is 0 Å². The molecule has 0 saturated heterocycles. The van der Waals surface area contributed by atoms with E-state index in [1.54, 1.807) is 24.3 Å². The molecule has 6 heteroatoms. The van der Waals surface area contributed by atoms with Crippen molar-refractivity contribution in [1.29, 1.82) is 0 Å². The zero-order valence-corrected chi connectivity index (χ0v) is 14.5. The van der Waals surface area contributed by atoms with E-state index in [0.29, 0.717) is 5.69 Å². The molecule has 2 aromatic rings. The zero-order valence-electron chi connectivity index (χ0n) is 14.5. The van der Waals surface area contributed by atoms with Gasteiger partial charge in [0.2, 0.25) is 11.8 Å². The summed E-state index contributed by atoms with van der Waals surface area (Å²) in [6, 6.07) is 11.4. The Bertz CT molecular complexity index is 775. The van der Waals surface area contributed by atoms with Crippen LogP contribution in [0.25, 0.3) is 0 Å². The van der Waals surface area contributed by atoms with Crippen LogP contribution in [0.3, 0.4) is 0 Å². The van der Waals surface area contributed by atoms with E-state index in [4.69, 9.17) is 0 Å². The summed E-state index contributed by atoms with van der Waals surface area (Å²) in [5.74, 6) is -1.04. The molecule has 0 spiro atoms. The van der Waals surface area contributed by atoms with E-state index < -0.39 is 5.82 Å². The normalized spacial score (nSPS) is 10.4. The van der Waals surface area contributed by atoms with Crippen LogP contribution in [0.1, 0.15) is 19.4 Å². The van der Waals surface area contributed by atoms with E-state index >= 15 is 0 Å². The summed E-state index contributed by atoms with van der Waals surface area (Å²) >= 11 is 0. The Morgan fingerprint density at radius 3 is 2.44 bits per heavy atom. The van der Waals surface area contributed by atoms with Gasteiger partial charge in [0.05, 0.1) is 12.2 Å². The molecule has 0 unspecified atom stereocenters.